The van der Waals surface area contributed by atoms with E-state index >= 15 is 0 Å². The molecule has 0 aliphatic heterocycles. The van der Waals surface area contributed by atoms with E-state index in [0.29, 0.717) is 16.5 Å². The Bertz CT molecular complexity index is 1230. The number of ether oxygens (including phenoxy) is 2. The predicted molar refractivity (Wildman–Crippen MR) is 125 cm³/mol. The van der Waals surface area contributed by atoms with Crippen molar-refractivity contribution in [1.29, 1.82) is 0 Å². The van der Waals surface area contributed by atoms with Gasteiger partial charge in [-0.25, -0.2) is 0 Å². The number of pyridine rings is 1. The Kier molecular flexibility index (Phi) is 7.77. The second-order valence-electron chi connectivity index (χ2n) is 7.80. The first-order valence-corrected chi connectivity index (χ1v) is 10.5. The normalized spacial score (nSPS) is 13.0. The molecule has 34 heavy (non-hydrogen) atoms. The van der Waals surface area contributed by atoms with Gasteiger partial charge in [-0.05, 0) is 29.8 Å². The lowest BCUT2D eigenvalue weighted by Crippen LogP contribution is -2.34. The summed E-state index contributed by atoms with van der Waals surface area (Å²) in [6.45, 7) is -0.566. The number of rotatable bonds is 10. The van der Waals surface area contributed by atoms with Crippen LogP contribution in [0.4, 0.5) is 0 Å². The van der Waals surface area contributed by atoms with Crippen molar-refractivity contribution in [2.45, 2.75) is 18.6 Å². The van der Waals surface area contributed by atoms with Gasteiger partial charge in [0.1, 0.15) is 11.3 Å². The molecule has 0 saturated heterocycles. The Hall–Kier alpha value is -3.60. The van der Waals surface area contributed by atoms with E-state index in [4.69, 9.17) is 9.47 Å². The number of aliphatic hydroxyl groups excluding tert-OH is 2. The molecule has 10 heteroatoms. The molecule has 0 spiro atoms. The number of nitrogens with one attached hydrogen (secondary N) is 1. The fraction of sp³-hybridized carbons (Fsp3) is 0.333. The minimum atomic E-state index is -1.10. The second kappa shape index (κ2) is 10.6. The lowest BCUT2D eigenvalue weighted by molar-refractivity contribution is 0.0877. The number of Topliss-reactive ketones (excluding diaryl/α,β-unsaturated/α-hetero) is 1. The van der Waals surface area contributed by atoms with Crippen LogP contribution in [0.2, 0.25) is 0 Å². The third kappa shape index (κ3) is 4.84. The standard InChI is InChI=1S/C24H28N2O8/c1-26-17-7-5-4-6-15(17)22(30)21(24(26)32)18(29)10-16(25-11-14(28)12-27)13-8-19(33-2)23(31)20(9-13)34-3/h4-9,14,16,25,27-28,30-31H,10-12H2,1-3H3. The summed E-state index contributed by atoms with van der Waals surface area (Å²) in [5.41, 5.74) is -0.0537. The molecule has 5 N–H and O–H groups in total. The average molecular weight is 472 g/mol. The molecule has 1 heterocycles. The largest absolute Gasteiger partial charge is 0.506 e. The molecule has 10 nitrogen and oxygen atoms in total. The molecular weight excluding hydrogens is 444 g/mol. The highest BCUT2D eigenvalue weighted by Gasteiger charge is 2.26. The van der Waals surface area contributed by atoms with Crippen molar-refractivity contribution in [2.75, 3.05) is 27.4 Å². The van der Waals surface area contributed by atoms with Crippen LogP contribution >= 0.6 is 0 Å². The number of phenolic OH excluding ortho intramolecular Hbond substituents is 1. The first kappa shape index (κ1) is 25.0. The monoisotopic (exact) mass is 472 g/mol. The number of para-hydroxylation sites is 1. The van der Waals surface area contributed by atoms with E-state index in [-0.39, 0.29) is 35.8 Å². The molecule has 2 atom stereocenters. The molecule has 0 aliphatic rings. The number of carbonyl (C=O) groups is 1. The molecule has 0 aliphatic carbocycles. The maximum absolute atomic E-state index is 13.3. The summed E-state index contributed by atoms with van der Waals surface area (Å²) >= 11 is 0. The number of aliphatic hydroxyl groups is 2. The van der Waals surface area contributed by atoms with Gasteiger partial charge in [0.05, 0.1) is 32.4 Å². The van der Waals surface area contributed by atoms with Crippen LogP contribution in [0, 0.1) is 0 Å². The van der Waals surface area contributed by atoms with E-state index in [0.717, 1.165) is 0 Å². The summed E-state index contributed by atoms with van der Waals surface area (Å²) in [6.07, 6.45) is -1.38. The van der Waals surface area contributed by atoms with Crippen LogP contribution in [0.1, 0.15) is 28.4 Å². The lowest BCUT2D eigenvalue weighted by atomic mass is 9.96. The van der Waals surface area contributed by atoms with E-state index in [1.807, 2.05) is 0 Å². The third-order valence-corrected chi connectivity index (χ3v) is 5.66. The number of aromatic nitrogens is 1. The number of aromatic hydroxyl groups is 2. The fourth-order valence-electron chi connectivity index (χ4n) is 3.78. The van der Waals surface area contributed by atoms with Crippen LogP contribution in [0.15, 0.2) is 41.2 Å². The molecule has 0 fully saturated rings. The van der Waals surface area contributed by atoms with E-state index in [1.54, 1.807) is 24.3 Å². The number of phenols is 1. The van der Waals surface area contributed by atoms with Gasteiger partial charge in [-0.15, -0.1) is 0 Å². The highest BCUT2D eigenvalue weighted by atomic mass is 16.5. The molecule has 182 valence electrons. The van der Waals surface area contributed by atoms with Crippen molar-refractivity contribution in [3.63, 3.8) is 0 Å². The lowest BCUT2D eigenvalue weighted by Gasteiger charge is -2.22. The van der Waals surface area contributed by atoms with Crippen molar-refractivity contribution >= 4 is 16.7 Å². The molecule has 1 aromatic heterocycles. The summed E-state index contributed by atoms with van der Waals surface area (Å²) < 4.78 is 11.7. The van der Waals surface area contributed by atoms with Crippen molar-refractivity contribution in [3.8, 4) is 23.0 Å². The molecule has 0 amide bonds. The van der Waals surface area contributed by atoms with Crippen molar-refractivity contribution in [3.05, 3.63) is 57.9 Å². The van der Waals surface area contributed by atoms with Crippen LogP contribution in [-0.2, 0) is 7.05 Å². The Morgan fingerprint density at radius 1 is 1.09 bits per heavy atom. The number of nitrogens with zero attached hydrogens (tertiary/aromatic N) is 1. The van der Waals surface area contributed by atoms with Crippen LogP contribution in [0.3, 0.4) is 0 Å². The van der Waals surface area contributed by atoms with Gasteiger partial charge in [0.25, 0.3) is 5.56 Å². The second-order valence-corrected chi connectivity index (χ2v) is 7.80. The Morgan fingerprint density at radius 2 is 1.71 bits per heavy atom. The quantitative estimate of drug-likeness (QED) is 0.274. The number of aryl methyl sites for hydroxylation is 1. The predicted octanol–water partition coefficient (Wildman–Crippen LogP) is 1.22. The number of benzene rings is 2. The van der Waals surface area contributed by atoms with Crippen LogP contribution in [-0.4, -0.2) is 64.3 Å². The van der Waals surface area contributed by atoms with Gasteiger partial charge < -0.3 is 39.8 Å². The third-order valence-electron chi connectivity index (χ3n) is 5.66. The minimum absolute atomic E-state index is 0.0678. The molecular formula is C24H28N2O8. The number of carbonyl (C=O) groups excluding carboxylic acids is 1. The van der Waals surface area contributed by atoms with Crippen molar-refractivity contribution in [2.24, 2.45) is 7.05 Å². The van der Waals surface area contributed by atoms with Gasteiger partial charge in [0, 0.05) is 31.4 Å². The van der Waals surface area contributed by atoms with Crippen LogP contribution in [0.25, 0.3) is 10.9 Å². The first-order valence-electron chi connectivity index (χ1n) is 10.5. The fourth-order valence-corrected chi connectivity index (χ4v) is 3.78. The van der Waals surface area contributed by atoms with Gasteiger partial charge in [0.2, 0.25) is 5.75 Å². The van der Waals surface area contributed by atoms with Crippen LogP contribution < -0.4 is 20.3 Å². The zero-order valence-corrected chi connectivity index (χ0v) is 19.1. The molecule has 3 rings (SSSR count). The van der Waals surface area contributed by atoms with Crippen molar-refractivity contribution in [1.82, 2.24) is 9.88 Å². The molecule has 2 aromatic carbocycles. The summed E-state index contributed by atoms with van der Waals surface area (Å²) in [5, 5.41) is 43.3. The van der Waals surface area contributed by atoms with Gasteiger partial charge >= 0.3 is 0 Å². The van der Waals surface area contributed by atoms with E-state index in [2.05, 4.69) is 5.32 Å². The molecule has 0 saturated carbocycles. The highest BCUT2D eigenvalue weighted by molar-refractivity contribution is 6.03. The number of hydrogen-bond acceptors (Lipinski definition) is 9. The maximum atomic E-state index is 13.3. The number of fused-ring (bicyclic) bond motifs is 1. The zero-order chi connectivity index (χ0) is 25.0. The van der Waals surface area contributed by atoms with Gasteiger partial charge in [-0.1, -0.05) is 12.1 Å². The number of ketones is 1. The van der Waals surface area contributed by atoms with Gasteiger partial charge in [-0.2, -0.15) is 0 Å². The summed E-state index contributed by atoms with van der Waals surface area (Å²) in [5.74, 6) is -1.07. The molecule has 0 radical (unpaired) electrons. The van der Waals surface area contributed by atoms with E-state index < -0.39 is 35.8 Å². The smallest absolute Gasteiger partial charge is 0.265 e. The first-order chi connectivity index (χ1) is 16.2. The van der Waals surface area contributed by atoms with Gasteiger partial charge in [0.15, 0.2) is 17.3 Å². The topological polar surface area (TPSA) is 150 Å². The molecule has 2 unspecified atom stereocenters. The zero-order valence-electron chi connectivity index (χ0n) is 19.1. The molecule has 0 bridgehead atoms. The number of methoxy groups -OCH3 is 2. The Labute approximate surface area is 195 Å². The van der Waals surface area contributed by atoms with Crippen LogP contribution in [0.5, 0.6) is 23.0 Å². The minimum Gasteiger partial charge on any atom is -0.506 e. The number of hydrogen-bond donors (Lipinski definition) is 5. The average Bonchev–Trinajstić information content (AvgIpc) is 2.85. The highest BCUT2D eigenvalue weighted by Crippen LogP contribution is 2.39. The van der Waals surface area contributed by atoms with Gasteiger partial charge in [-0.3, -0.25) is 9.59 Å². The maximum Gasteiger partial charge on any atom is 0.265 e. The van der Waals surface area contributed by atoms with E-state index in [9.17, 15) is 30.0 Å². The summed E-state index contributed by atoms with van der Waals surface area (Å²) in [6, 6.07) is 8.90. The van der Waals surface area contributed by atoms with Crippen molar-refractivity contribution < 1.29 is 34.7 Å². The van der Waals surface area contributed by atoms with E-state index in [1.165, 1.54) is 38.0 Å². The SMILES string of the molecule is COc1cc(C(CC(=O)c2c(O)c3ccccc3n(C)c2=O)NCC(O)CO)cc(OC)c1O. The Morgan fingerprint density at radius 3 is 2.29 bits per heavy atom. The summed E-state index contributed by atoms with van der Waals surface area (Å²) in [4.78, 5) is 26.3. The Balaban J connectivity index is 2.06. The molecule has 3 aromatic rings. The summed E-state index contributed by atoms with van der Waals surface area (Å²) in [7, 11) is 4.24.